The number of carbonyl (C=O) groups excluding carboxylic acids is 1. The van der Waals surface area contributed by atoms with E-state index in [0.29, 0.717) is 11.1 Å². The van der Waals surface area contributed by atoms with E-state index in [1.807, 2.05) is 0 Å². The summed E-state index contributed by atoms with van der Waals surface area (Å²) in [5.74, 6) is -0.905. The molecule has 0 saturated carbocycles. The Morgan fingerprint density at radius 2 is 1.74 bits per heavy atom. The molecule has 0 saturated heterocycles. The Labute approximate surface area is 110 Å². The first kappa shape index (κ1) is 13.1. The minimum atomic E-state index is -1.46. The molecule has 0 aliphatic carbocycles. The van der Waals surface area contributed by atoms with Gasteiger partial charge in [0.05, 0.1) is 0 Å². The molecule has 2 rings (SSSR count). The van der Waals surface area contributed by atoms with Gasteiger partial charge >= 0.3 is 0 Å². The van der Waals surface area contributed by atoms with E-state index in [1.165, 1.54) is 6.07 Å². The van der Waals surface area contributed by atoms with E-state index < -0.39 is 11.9 Å². The van der Waals surface area contributed by atoms with Gasteiger partial charge in [0.1, 0.15) is 17.6 Å². The van der Waals surface area contributed by atoms with E-state index in [-0.39, 0.29) is 17.1 Å². The number of benzene rings is 2. The van der Waals surface area contributed by atoms with Crippen LogP contribution in [0.3, 0.4) is 0 Å². The summed E-state index contributed by atoms with van der Waals surface area (Å²) in [6.45, 7) is 1.61. The number of aliphatic hydroxyl groups is 1. The third kappa shape index (κ3) is 2.58. The van der Waals surface area contributed by atoms with Crippen LogP contribution in [0.15, 0.2) is 42.5 Å². The molecule has 19 heavy (non-hydrogen) atoms. The summed E-state index contributed by atoms with van der Waals surface area (Å²) in [6.07, 6.45) is -1.46. The highest BCUT2D eigenvalue weighted by atomic mass is 16.3. The molecule has 98 valence electrons. The van der Waals surface area contributed by atoms with Crippen molar-refractivity contribution in [2.45, 2.75) is 13.0 Å². The molecule has 0 aliphatic heterocycles. The maximum absolute atomic E-state index is 12.1. The quantitative estimate of drug-likeness (QED) is 0.738. The number of rotatable bonds is 3. The Hall–Kier alpha value is -2.33. The average Bonchev–Trinajstić information content (AvgIpc) is 2.37. The second-order valence-electron chi connectivity index (χ2n) is 4.33. The molecule has 0 aromatic heterocycles. The van der Waals surface area contributed by atoms with Crippen molar-refractivity contribution in [2.24, 2.45) is 0 Å². The van der Waals surface area contributed by atoms with Gasteiger partial charge in [-0.15, -0.1) is 0 Å². The highest BCUT2D eigenvalue weighted by Gasteiger charge is 2.24. The Morgan fingerprint density at radius 1 is 1.11 bits per heavy atom. The largest absolute Gasteiger partial charge is 0.508 e. The molecular weight excluding hydrogens is 244 g/mol. The molecule has 1 unspecified atom stereocenters. The van der Waals surface area contributed by atoms with Crippen molar-refractivity contribution in [3.63, 3.8) is 0 Å². The molecule has 4 heteroatoms. The van der Waals surface area contributed by atoms with Crippen molar-refractivity contribution in [2.75, 3.05) is 0 Å². The molecule has 3 N–H and O–H groups in total. The predicted octanol–water partition coefficient (Wildman–Crippen LogP) is 2.32. The van der Waals surface area contributed by atoms with Crippen LogP contribution < -0.4 is 0 Å². The lowest BCUT2D eigenvalue weighted by Crippen LogP contribution is -2.13. The Kier molecular flexibility index (Phi) is 3.53. The van der Waals surface area contributed by atoms with Gasteiger partial charge in [0, 0.05) is 17.2 Å². The molecular formula is C15H14O4. The number of hydrogen-bond donors (Lipinski definition) is 3. The van der Waals surface area contributed by atoms with Crippen LogP contribution in [0, 0.1) is 6.92 Å². The van der Waals surface area contributed by atoms with Gasteiger partial charge in [-0.25, -0.2) is 0 Å². The molecule has 0 aliphatic rings. The van der Waals surface area contributed by atoms with Crippen LogP contribution in [-0.4, -0.2) is 21.1 Å². The monoisotopic (exact) mass is 258 g/mol. The summed E-state index contributed by atoms with van der Waals surface area (Å²) in [5, 5.41) is 29.2. The number of aliphatic hydroxyl groups excluding tert-OH is 1. The van der Waals surface area contributed by atoms with Crippen molar-refractivity contribution in [3.05, 3.63) is 59.2 Å². The van der Waals surface area contributed by atoms with Crippen molar-refractivity contribution in [1.29, 1.82) is 0 Å². The number of hydrogen-bond acceptors (Lipinski definition) is 4. The van der Waals surface area contributed by atoms with Gasteiger partial charge in [-0.2, -0.15) is 0 Å². The second-order valence-corrected chi connectivity index (χ2v) is 4.33. The molecule has 0 fully saturated rings. The summed E-state index contributed by atoms with van der Waals surface area (Å²) in [7, 11) is 0. The fourth-order valence-corrected chi connectivity index (χ4v) is 2.01. The number of aryl methyl sites for hydroxylation is 1. The van der Waals surface area contributed by atoms with Gasteiger partial charge in [0.25, 0.3) is 0 Å². The summed E-state index contributed by atoms with van der Waals surface area (Å²) in [5.41, 5.74) is 0.933. The molecule has 4 nitrogen and oxygen atoms in total. The molecule has 2 aromatic carbocycles. The van der Waals surface area contributed by atoms with E-state index >= 15 is 0 Å². The first-order chi connectivity index (χ1) is 9.00. The fraction of sp³-hybridized carbons (Fsp3) is 0.133. The number of phenolic OH excluding ortho intramolecular Hbond substituents is 2. The van der Waals surface area contributed by atoms with Crippen molar-refractivity contribution in [1.82, 2.24) is 0 Å². The fourth-order valence-electron chi connectivity index (χ4n) is 2.01. The average molecular weight is 258 g/mol. The smallest absolute Gasteiger partial charge is 0.195 e. The number of carbonyl (C=O) groups is 1. The lowest BCUT2D eigenvalue weighted by atomic mass is 9.95. The molecule has 2 aromatic rings. The SMILES string of the molecule is Cc1cc(O)cc(O)c1C(O)C(=O)c1ccccc1. The van der Waals surface area contributed by atoms with E-state index in [0.717, 1.165) is 6.07 Å². The topological polar surface area (TPSA) is 77.8 Å². The Bertz CT molecular complexity index is 582. The molecule has 0 spiro atoms. The van der Waals surface area contributed by atoms with Crippen LogP contribution in [0.1, 0.15) is 27.6 Å². The van der Waals surface area contributed by atoms with Crippen LogP contribution in [-0.2, 0) is 0 Å². The summed E-state index contributed by atoms with van der Waals surface area (Å²) < 4.78 is 0. The zero-order chi connectivity index (χ0) is 14.0. The third-order valence-electron chi connectivity index (χ3n) is 2.93. The van der Waals surface area contributed by atoms with Crippen LogP contribution in [0.4, 0.5) is 0 Å². The highest BCUT2D eigenvalue weighted by Crippen LogP contribution is 2.33. The first-order valence-electron chi connectivity index (χ1n) is 5.80. The van der Waals surface area contributed by atoms with Gasteiger partial charge in [-0.05, 0) is 18.6 Å². The van der Waals surface area contributed by atoms with Crippen molar-refractivity contribution < 1.29 is 20.1 Å². The predicted molar refractivity (Wildman–Crippen MR) is 70.2 cm³/mol. The minimum absolute atomic E-state index is 0.113. The molecule has 0 bridgehead atoms. The van der Waals surface area contributed by atoms with E-state index in [4.69, 9.17) is 0 Å². The summed E-state index contributed by atoms with van der Waals surface area (Å²) in [4.78, 5) is 12.1. The van der Waals surface area contributed by atoms with Gasteiger partial charge in [-0.3, -0.25) is 4.79 Å². The van der Waals surface area contributed by atoms with Crippen molar-refractivity contribution in [3.8, 4) is 11.5 Å². The van der Waals surface area contributed by atoms with E-state index in [9.17, 15) is 20.1 Å². The van der Waals surface area contributed by atoms with Crippen LogP contribution >= 0.6 is 0 Å². The van der Waals surface area contributed by atoms with Gasteiger partial charge in [0.2, 0.25) is 0 Å². The van der Waals surface area contributed by atoms with Crippen LogP contribution in [0.2, 0.25) is 0 Å². The van der Waals surface area contributed by atoms with Gasteiger partial charge < -0.3 is 15.3 Å². The Balaban J connectivity index is 2.40. The first-order valence-corrected chi connectivity index (χ1v) is 5.80. The van der Waals surface area contributed by atoms with Gasteiger partial charge in [-0.1, -0.05) is 30.3 Å². The molecule has 0 radical (unpaired) electrons. The number of ketones is 1. The number of Topliss-reactive ketones (excluding diaryl/α,β-unsaturated/α-hetero) is 1. The van der Waals surface area contributed by atoms with E-state index in [2.05, 4.69) is 0 Å². The highest BCUT2D eigenvalue weighted by molar-refractivity contribution is 6.00. The molecule has 0 heterocycles. The van der Waals surface area contributed by atoms with Crippen molar-refractivity contribution >= 4 is 5.78 Å². The third-order valence-corrected chi connectivity index (χ3v) is 2.93. The lowest BCUT2D eigenvalue weighted by Gasteiger charge is -2.15. The summed E-state index contributed by atoms with van der Waals surface area (Å²) >= 11 is 0. The molecule has 1 atom stereocenters. The van der Waals surface area contributed by atoms with Crippen LogP contribution in [0.25, 0.3) is 0 Å². The van der Waals surface area contributed by atoms with E-state index in [1.54, 1.807) is 37.3 Å². The number of aromatic hydroxyl groups is 2. The second kappa shape index (κ2) is 5.12. The molecule has 0 amide bonds. The standard InChI is InChI=1S/C15H14O4/c1-9-7-11(16)8-12(17)13(9)15(19)14(18)10-5-3-2-4-6-10/h2-8,15-17,19H,1H3. The normalized spacial score (nSPS) is 12.1. The Morgan fingerprint density at radius 3 is 2.32 bits per heavy atom. The minimum Gasteiger partial charge on any atom is -0.508 e. The van der Waals surface area contributed by atoms with Gasteiger partial charge in [0.15, 0.2) is 5.78 Å². The summed E-state index contributed by atoms with van der Waals surface area (Å²) in [6, 6.07) is 10.8. The lowest BCUT2D eigenvalue weighted by molar-refractivity contribution is 0.0741. The van der Waals surface area contributed by atoms with Crippen LogP contribution in [0.5, 0.6) is 11.5 Å². The number of phenols is 2. The zero-order valence-electron chi connectivity index (χ0n) is 10.4. The zero-order valence-corrected chi connectivity index (χ0v) is 10.4. The maximum atomic E-state index is 12.1. The maximum Gasteiger partial charge on any atom is 0.195 e.